The molecule has 0 saturated heterocycles. The van der Waals surface area contributed by atoms with Crippen LogP contribution in [-0.4, -0.2) is 24.0 Å². The highest BCUT2D eigenvalue weighted by Crippen LogP contribution is 2.25. The highest BCUT2D eigenvalue weighted by atomic mass is 19.1. The summed E-state index contributed by atoms with van der Waals surface area (Å²) in [6.45, 7) is 1.95. The quantitative estimate of drug-likeness (QED) is 0.409. The SMILES string of the molecule is COC(=O)CC(NC(=O)/C=C/c1ccc(Oc2cccnc2)c(F)c1)c1ccc(C)cc1. The lowest BCUT2D eigenvalue weighted by Crippen LogP contribution is -2.29. The molecule has 0 aliphatic heterocycles. The number of esters is 1. The summed E-state index contributed by atoms with van der Waals surface area (Å²) >= 11 is 0. The van der Waals surface area contributed by atoms with Crippen LogP contribution >= 0.6 is 0 Å². The van der Waals surface area contributed by atoms with Crippen molar-refractivity contribution in [2.75, 3.05) is 7.11 Å². The van der Waals surface area contributed by atoms with Crippen molar-refractivity contribution in [1.29, 1.82) is 0 Å². The molecule has 6 nitrogen and oxygen atoms in total. The number of nitrogens with zero attached hydrogens (tertiary/aromatic N) is 1. The third-order valence-electron chi connectivity index (χ3n) is 4.64. The predicted octanol–water partition coefficient (Wildman–Crippen LogP) is 4.76. The summed E-state index contributed by atoms with van der Waals surface area (Å²) in [5.74, 6) is -0.958. The van der Waals surface area contributed by atoms with E-state index in [1.165, 1.54) is 37.6 Å². The number of methoxy groups -OCH3 is 1. The zero-order valence-corrected chi connectivity index (χ0v) is 17.7. The molecule has 2 aromatic carbocycles. The van der Waals surface area contributed by atoms with E-state index in [0.717, 1.165) is 11.1 Å². The number of pyridine rings is 1. The van der Waals surface area contributed by atoms with Gasteiger partial charge >= 0.3 is 5.97 Å². The average molecular weight is 434 g/mol. The Morgan fingerprint density at radius 3 is 2.59 bits per heavy atom. The fourth-order valence-electron chi connectivity index (χ4n) is 2.93. The molecule has 32 heavy (non-hydrogen) atoms. The summed E-state index contributed by atoms with van der Waals surface area (Å²) in [5.41, 5.74) is 2.33. The van der Waals surface area contributed by atoms with E-state index in [1.807, 2.05) is 31.2 Å². The summed E-state index contributed by atoms with van der Waals surface area (Å²) in [5, 5.41) is 2.79. The zero-order chi connectivity index (χ0) is 22.9. The van der Waals surface area contributed by atoms with Crippen molar-refractivity contribution in [2.45, 2.75) is 19.4 Å². The maximum absolute atomic E-state index is 14.4. The fraction of sp³-hybridized carbons (Fsp3) is 0.160. The summed E-state index contributed by atoms with van der Waals surface area (Å²) < 4.78 is 24.6. The van der Waals surface area contributed by atoms with E-state index in [4.69, 9.17) is 9.47 Å². The van der Waals surface area contributed by atoms with E-state index < -0.39 is 23.7 Å². The van der Waals surface area contributed by atoms with Crippen LogP contribution in [0.5, 0.6) is 11.5 Å². The molecule has 3 aromatic rings. The van der Waals surface area contributed by atoms with E-state index in [9.17, 15) is 14.0 Å². The Balaban J connectivity index is 1.67. The van der Waals surface area contributed by atoms with Crippen LogP contribution in [0.3, 0.4) is 0 Å². The first kappa shape index (κ1) is 22.7. The lowest BCUT2D eigenvalue weighted by molar-refractivity contribution is -0.141. The van der Waals surface area contributed by atoms with Crippen molar-refractivity contribution < 1.29 is 23.5 Å². The van der Waals surface area contributed by atoms with Gasteiger partial charge in [0.25, 0.3) is 0 Å². The molecule has 0 aliphatic carbocycles. The molecule has 1 amide bonds. The van der Waals surface area contributed by atoms with Gasteiger partial charge in [-0.3, -0.25) is 14.6 Å². The van der Waals surface area contributed by atoms with Gasteiger partial charge in [0.1, 0.15) is 5.75 Å². The van der Waals surface area contributed by atoms with E-state index in [0.29, 0.717) is 11.3 Å². The Kier molecular flexibility index (Phi) is 7.70. The number of nitrogens with one attached hydrogen (secondary N) is 1. The summed E-state index contributed by atoms with van der Waals surface area (Å²) in [7, 11) is 1.30. The highest BCUT2D eigenvalue weighted by molar-refractivity contribution is 5.92. The lowest BCUT2D eigenvalue weighted by atomic mass is 10.0. The first-order valence-corrected chi connectivity index (χ1v) is 9.94. The van der Waals surface area contributed by atoms with E-state index in [-0.39, 0.29) is 12.2 Å². The van der Waals surface area contributed by atoms with Crippen molar-refractivity contribution in [3.63, 3.8) is 0 Å². The van der Waals surface area contributed by atoms with Crippen LogP contribution < -0.4 is 10.1 Å². The van der Waals surface area contributed by atoms with Crippen molar-refractivity contribution in [3.8, 4) is 11.5 Å². The minimum absolute atomic E-state index is 0.00581. The Morgan fingerprint density at radius 2 is 1.94 bits per heavy atom. The van der Waals surface area contributed by atoms with Crippen molar-refractivity contribution >= 4 is 18.0 Å². The lowest BCUT2D eigenvalue weighted by Gasteiger charge is -2.17. The number of rotatable bonds is 8. The van der Waals surface area contributed by atoms with Gasteiger partial charge in [0.15, 0.2) is 11.6 Å². The van der Waals surface area contributed by atoms with Crippen LogP contribution in [0.2, 0.25) is 0 Å². The Labute approximate surface area is 185 Å². The number of benzene rings is 2. The minimum Gasteiger partial charge on any atom is -0.469 e. The molecule has 7 heteroatoms. The van der Waals surface area contributed by atoms with Gasteiger partial charge in [-0.1, -0.05) is 35.9 Å². The topological polar surface area (TPSA) is 77.5 Å². The van der Waals surface area contributed by atoms with Crippen LogP contribution in [-0.2, 0) is 14.3 Å². The molecule has 0 bridgehead atoms. The van der Waals surface area contributed by atoms with Crippen molar-refractivity contribution in [1.82, 2.24) is 10.3 Å². The molecule has 1 atom stereocenters. The molecule has 0 radical (unpaired) electrons. The first-order valence-electron chi connectivity index (χ1n) is 9.94. The number of hydrogen-bond acceptors (Lipinski definition) is 5. The minimum atomic E-state index is -0.570. The highest BCUT2D eigenvalue weighted by Gasteiger charge is 2.18. The molecule has 164 valence electrons. The summed E-state index contributed by atoms with van der Waals surface area (Å²) in [6.07, 6.45) is 5.84. The number of amides is 1. The molecular weight excluding hydrogens is 411 g/mol. The fourth-order valence-corrected chi connectivity index (χ4v) is 2.93. The number of ether oxygens (including phenoxy) is 2. The number of hydrogen-bond donors (Lipinski definition) is 1. The van der Waals surface area contributed by atoms with E-state index in [1.54, 1.807) is 24.4 Å². The van der Waals surface area contributed by atoms with Crippen LogP contribution in [0, 0.1) is 12.7 Å². The second-order valence-electron chi connectivity index (χ2n) is 7.07. The maximum atomic E-state index is 14.4. The second-order valence-corrected chi connectivity index (χ2v) is 7.07. The van der Waals surface area contributed by atoms with Crippen LogP contribution in [0.15, 0.2) is 73.1 Å². The summed E-state index contributed by atoms with van der Waals surface area (Å²) in [4.78, 5) is 28.1. The largest absolute Gasteiger partial charge is 0.469 e. The van der Waals surface area contributed by atoms with Gasteiger partial charge in [0.2, 0.25) is 5.91 Å². The molecule has 1 heterocycles. The smallest absolute Gasteiger partial charge is 0.307 e. The van der Waals surface area contributed by atoms with Gasteiger partial charge in [-0.2, -0.15) is 0 Å². The molecule has 3 rings (SSSR count). The third kappa shape index (κ3) is 6.50. The van der Waals surface area contributed by atoms with Crippen molar-refractivity contribution in [2.24, 2.45) is 0 Å². The van der Waals surface area contributed by atoms with Gasteiger partial charge in [-0.05, 0) is 48.4 Å². The summed E-state index contributed by atoms with van der Waals surface area (Å²) in [6, 6.07) is 14.7. The first-order chi connectivity index (χ1) is 15.4. The number of carbonyl (C=O) groups is 2. The molecule has 1 unspecified atom stereocenters. The number of carbonyl (C=O) groups excluding carboxylic acids is 2. The third-order valence-corrected chi connectivity index (χ3v) is 4.64. The van der Waals surface area contributed by atoms with Crippen molar-refractivity contribution in [3.05, 3.63) is 95.6 Å². The van der Waals surface area contributed by atoms with Gasteiger partial charge in [0.05, 0.1) is 25.8 Å². The van der Waals surface area contributed by atoms with Gasteiger partial charge in [-0.25, -0.2) is 4.39 Å². The standard InChI is InChI=1S/C25H23FN2O4/c1-17-5-9-19(10-6-17)22(15-25(30)31-2)28-24(29)12-8-18-7-11-23(21(26)14-18)32-20-4-3-13-27-16-20/h3-14,16,22H,15H2,1-2H3,(H,28,29)/b12-8+. The van der Waals surface area contributed by atoms with Crippen LogP contribution in [0.4, 0.5) is 4.39 Å². The normalized spacial score (nSPS) is 11.7. The molecule has 0 aliphatic rings. The molecule has 0 saturated carbocycles. The Hall–Kier alpha value is -4.00. The van der Waals surface area contributed by atoms with Gasteiger partial charge in [-0.15, -0.1) is 0 Å². The van der Waals surface area contributed by atoms with E-state index >= 15 is 0 Å². The number of aromatic nitrogens is 1. The van der Waals surface area contributed by atoms with Crippen LogP contribution in [0.25, 0.3) is 6.08 Å². The molecular formula is C25H23FN2O4. The zero-order valence-electron chi connectivity index (χ0n) is 17.7. The predicted molar refractivity (Wildman–Crippen MR) is 118 cm³/mol. The monoisotopic (exact) mass is 434 g/mol. The average Bonchev–Trinajstić information content (AvgIpc) is 2.80. The van der Waals surface area contributed by atoms with Gasteiger partial charge in [0, 0.05) is 12.3 Å². The second kappa shape index (κ2) is 10.9. The molecule has 0 spiro atoms. The molecule has 1 N–H and O–H groups in total. The van der Waals surface area contributed by atoms with Gasteiger partial charge < -0.3 is 14.8 Å². The number of halogens is 1. The van der Waals surface area contributed by atoms with Crippen LogP contribution in [0.1, 0.15) is 29.2 Å². The van der Waals surface area contributed by atoms with E-state index in [2.05, 4.69) is 10.3 Å². The maximum Gasteiger partial charge on any atom is 0.307 e. The number of aryl methyl sites for hydroxylation is 1. The molecule has 0 fully saturated rings. The Bertz CT molecular complexity index is 1100. The molecule has 1 aromatic heterocycles. The Morgan fingerprint density at radius 1 is 1.16 bits per heavy atom.